The molecule has 0 saturated heterocycles. The number of ether oxygens (including phenoxy) is 2. The van der Waals surface area contributed by atoms with Gasteiger partial charge in [-0.25, -0.2) is 4.79 Å². The molecule has 42 heavy (non-hydrogen) atoms. The molecule has 11 heteroatoms. The number of para-hydroxylation sites is 1. The minimum Gasteiger partial charge on any atom is -0.497 e. The Kier molecular flexibility index (Phi) is 10.6. The number of nitrogens with zero attached hydrogens (tertiary/aromatic N) is 2. The lowest BCUT2D eigenvalue weighted by Crippen LogP contribution is -2.49. The Balaban J connectivity index is 1.61. The second-order valence-electron chi connectivity index (χ2n) is 10.6. The van der Waals surface area contributed by atoms with Crippen molar-refractivity contribution in [1.29, 1.82) is 0 Å². The molecule has 0 spiro atoms. The fourth-order valence-electron chi connectivity index (χ4n) is 4.84. The molecule has 0 fully saturated rings. The predicted octanol–water partition coefficient (Wildman–Crippen LogP) is 6.00. The van der Waals surface area contributed by atoms with Crippen LogP contribution in [0.1, 0.15) is 29.8 Å². The summed E-state index contributed by atoms with van der Waals surface area (Å²) >= 11 is 12.3. The Morgan fingerprint density at radius 2 is 1.88 bits per heavy atom. The summed E-state index contributed by atoms with van der Waals surface area (Å²) in [6, 6.07) is 16.6. The van der Waals surface area contributed by atoms with Crippen LogP contribution in [-0.2, 0) is 6.54 Å². The van der Waals surface area contributed by atoms with E-state index in [9.17, 15) is 14.7 Å². The summed E-state index contributed by atoms with van der Waals surface area (Å²) in [7, 11) is 3.55. The molecule has 3 amide bonds. The van der Waals surface area contributed by atoms with E-state index in [1.165, 1.54) is 0 Å². The molecule has 0 saturated carbocycles. The number of urea groups is 1. The van der Waals surface area contributed by atoms with Gasteiger partial charge >= 0.3 is 6.03 Å². The van der Waals surface area contributed by atoms with Gasteiger partial charge in [0.2, 0.25) is 0 Å². The second-order valence-corrected chi connectivity index (χ2v) is 11.4. The van der Waals surface area contributed by atoms with Crippen molar-refractivity contribution in [3.8, 4) is 11.5 Å². The fraction of sp³-hybridized carbons (Fsp3) is 0.355. The minimum absolute atomic E-state index is 0.103. The van der Waals surface area contributed by atoms with Crippen molar-refractivity contribution in [2.24, 2.45) is 5.92 Å². The zero-order chi connectivity index (χ0) is 30.4. The number of aliphatic hydroxyl groups is 1. The number of hydrogen-bond acceptors (Lipinski definition) is 6. The first kappa shape index (κ1) is 31.4. The number of halogens is 2. The van der Waals surface area contributed by atoms with Crippen molar-refractivity contribution in [3.05, 3.63) is 81.8 Å². The van der Waals surface area contributed by atoms with Gasteiger partial charge in [0.1, 0.15) is 11.9 Å². The number of benzene rings is 3. The molecule has 3 atom stereocenters. The molecule has 1 heterocycles. The van der Waals surface area contributed by atoms with Gasteiger partial charge in [-0.3, -0.25) is 9.69 Å². The van der Waals surface area contributed by atoms with E-state index in [1.54, 1.807) is 60.5 Å². The maximum atomic E-state index is 13.7. The molecule has 4 rings (SSSR count). The quantitative estimate of drug-likeness (QED) is 0.273. The number of amides is 3. The molecule has 0 radical (unpaired) electrons. The second kappa shape index (κ2) is 14.1. The Labute approximate surface area is 256 Å². The summed E-state index contributed by atoms with van der Waals surface area (Å²) in [4.78, 5) is 30.5. The lowest BCUT2D eigenvalue weighted by molar-refractivity contribution is 0.0343. The number of methoxy groups -OCH3 is 1. The normalized spacial score (nSPS) is 17.5. The first-order valence-corrected chi connectivity index (χ1v) is 14.4. The number of hydrogen-bond donors (Lipinski definition) is 3. The highest BCUT2D eigenvalue weighted by molar-refractivity contribution is 6.42. The van der Waals surface area contributed by atoms with E-state index in [0.29, 0.717) is 52.4 Å². The first-order valence-electron chi connectivity index (χ1n) is 13.7. The molecule has 0 unspecified atom stereocenters. The van der Waals surface area contributed by atoms with E-state index in [0.717, 1.165) is 5.56 Å². The maximum Gasteiger partial charge on any atom is 0.323 e. The smallest absolute Gasteiger partial charge is 0.323 e. The van der Waals surface area contributed by atoms with Crippen LogP contribution in [0.5, 0.6) is 11.5 Å². The highest BCUT2D eigenvalue weighted by atomic mass is 35.5. The molecule has 3 aromatic carbocycles. The zero-order valence-corrected chi connectivity index (χ0v) is 25.6. The predicted molar refractivity (Wildman–Crippen MR) is 166 cm³/mol. The summed E-state index contributed by atoms with van der Waals surface area (Å²) in [5.74, 6) is 0.569. The van der Waals surface area contributed by atoms with Crippen LogP contribution in [0.3, 0.4) is 0 Å². The molecule has 1 aliphatic rings. The van der Waals surface area contributed by atoms with Crippen molar-refractivity contribution in [3.63, 3.8) is 0 Å². The largest absolute Gasteiger partial charge is 0.497 e. The number of anilines is 2. The van der Waals surface area contributed by atoms with Crippen molar-refractivity contribution < 1.29 is 24.2 Å². The van der Waals surface area contributed by atoms with Crippen LogP contribution in [0, 0.1) is 5.92 Å². The third-order valence-corrected chi connectivity index (χ3v) is 7.95. The highest BCUT2D eigenvalue weighted by Crippen LogP contribution is 2.35. The molecule has 0 aliphatic carbocycles. The van der Waals surface area contributed by atoms with E-state index in [1.807, 2.05) is 33.0 Å². The molecular formula is C31H36Cl2N4O5. The topological polar surface area (TPSA) is 103 Å². The fourth-order valence-corrected chi connectivity index (χ4v) is 5.16. The molecule has 0 aromatic heterocycles. The van der Waals surface area contributed by atoms with Crippen LogP contribution in [0.15, 0.2) is 60.7 Å². The lowest BCUT2D eigenvalue weighted by atomic mass is 9.99. The Hall–Kier alpha value is -3.50. The standard InChI is InChI=1S/C31H36Cl2N4O5/c1-19-15-37(20(2)18-38)30(39)24-6-5-7-27(35-31(40)34-22-9-11-23(41-4)12-10-22)29(24)42-28(19)17-36(3)16-21-8-13-25(32)26(33)14-21/h5-14,19-20,28,38H,15-18H2,1-4H3,(H2,34,35,40)/t19-,20+,28+/m1/s1. The van der Waals surface area contributed by atoms with Crippen LogP contribution in [-0.4, -0.2) is 72.8 Å². The number of fused-ring (bicyclic) bond motifs is 1. The number of rotatable bonds is 9. The molecule has 3 N–H and O–H groups in total. The van der Waals surface area contributed by atoms with Crippen LogP contribution in [0.4, 0.5) is 16.2 Å². The van der Waals surface area contributed by atoms with Crippen molar-refractivity contribution >= 4 is 46.5 Å². The molecule has 1 aliphatic heterocycles. The van der Waals surface area contributed by atoms with Gasteiger partial charge in [-0.2, -0.15) is 0 Å². The summed E-state index contributed by atoms with van der Waals surface area (Å²) in [6.07, 6.45) is -0.356. The maximum absolute atomic E-state index is 13.7. The first-order chi connectivity index (χ1) is 20.1. The SMILES string of the molecule is COc1ccc(NC(=O)Nc2cccc3c2O[C@@H](CN(C)Cc2ccc(Cl)c(Cl)c2)[C@H](C)CN([C@@H](C)CO)C3=O)cc1. The molecule has 0 bridgehead atoms. The van der Waals surface area contributed by atoms with Crippen LogP contribution >= 0.6 is 23.2 Å². The van der Waals surface area contributed by atoms with Gasteiger partial charge in [0.05, 0.1) is 41.1 Å². The van der Waals surface area contributed by atoms with Crippen LogP contribution < -0.4 is 20.1 Å². The van der Waals surface area contributed by atoms with E-state index in [-0.39, 0.29) is 30.3 Å². The van der Waals surface area contributed by atoms with Crippen LogP contribution in [0.25, 0.3) is 0 Å². The number of likely N-dealkylation sites (N-methyl/N-ethyl adjacent to an activating group) is 1. The highest BCUT2D eigenvalue weighted by Gasteiger charge is 2.34. The van der Waals surface area contributed by atoms with Crippen molar-refractivity contribution in [2.45, 2.75) is 32.5 Å². The van der Waals surface area contributed by atoms with E-state index in [2.05, 4.69) is 15.5 Å². The molecular weight excluding hydrogens is 579 g/mol. The number of carbonyl (C=O) groups is 2. The number of carbonyl (C=O) groups excluding carboxylic acids is 2. The monoisotopic (exact) mass is 614 g/mol. The third-order valence-electron chi connectivity index (χ3n) is 7.22. The van der Waals surface area contributed by atoms with E-state index >= 15 is 0 Å². The van der Waals surface area contributed by atoms with Gasteiger partial charge in [-0.05, 0) is 68.1 Å². The molecule has 224 valence electrons. The molecule has 9 nitrogen and oxygen atoms in total. The summed E-state index contributed by atoms with van der Waals surface area (Å²) < 4.78 is 11.8. The van der Waals surface area contributed by atoms with Gasteiger partial charge in [-0.1, -0.05) is 42.3 Å². The van der Waals surface area contributed by atoms with Gasteiger partial charge in [-0.15, -0.1) is 0 Å². The Bertz CT molecular complexity index is 1400. The van der Waals surface area contributed by atoms with Gasteiger partial charge in [0, 0.05) is 31.2 Å². The van der Waals surface area contributed by atoms with Crippen molar-refractivity contribution in [2.75, 3.05) is 44.5 Å². The van der Waals surface area contributed by atoms with Crippen LogP contribution in [0.2, 0.25) is 10.0 Å². The summed E-state index contributed by atoms with van der Waals surface area (Å²) in [5.41, 5.74) is 2.23. The number of aliphatic hydroxyl groups excluding tert-OH is 1. The van der Waals surface area contributed by atoms with E-state index in [4.69, 9.17) is 32.7 Å². The average Bonchev–Trinajstić information content (AvgIpc) is 2.97. The van der Waals surface area contributed by atoms with Gasteiger partial charge in [0.25, 0.3) is 5.91 Å². The zero-order valence-electron chi connectivity index (χ0n) is 24.1. The van der Waals surface area contributed by atoms with Crippen molar-refractivity contribution in [1.82, 2.24) is 9.80 Å². The van der Waals surface area contributed by atoms with E-state index < -0.39 is 12.1 Å². The summed E-state index contributed by atoms with van der Waals surface area (Å²) in [5, 5.41) is 16.6. The Morgan fingerprint density at radius 1 is 1.14 bits per heavy atom. The third kappa shape index (κ3) is 7.66. The van der Waals surface area contributed by atoms with Gasteiger partial charge in [0.15, 0.2) is 5.75 Å². The van der Waals surface area contributed by atoms with Gasteiger partial charge < -0.3 is 30.1 Å². The minimum atomic E-state index is -0.492. The number of nitrogens with one attached hydrogen (secondary N) is 2. The Morgan fingerprint density at radius 3 is 2.55 bits per heavy atom. The lowest BCUT2D eigenvalue weighted by Gasteiger charge is -2.38. The average molecular weight is 616 g/mol. The summed E-state index contributed by atoms with van der Waals surface area (Å²) in [6.45, 7) is 5.14. The molecule has 3 aromatic rings.